The Balaban J connectivity index is 2.38. The lowest BCUT2D eigenvalue weighted by molar-refractivity contribution is 0.102. The van der Waals surface area contributed by atoms with Crippen molar-refractivity contribution in [1.82, 2.24) is 0 Å². The van der Waals surface area contributed by atoms with Crippen LogP contribution in [-0.2, 0) is 12.0 Å². The van der Waals surface area contributed by atoms with Gasteiger partial charge >= 0.3 is 0 Å². The molecule has 0 saturated carbocycles. The van der Waals surface area contributed by atoms with E-state index in [1.807, 2.05) is 24.3 Å². The van der Waals surface area contributed by atoms with Crippen LogP contribution in [0.15, 0.2) is 46.9 Å². The van der Waals surface area contributed by atoms with Crippen LogP contribution in [0, 0.1) is 0 Å². The minimum atomic E-state index is -1.09. The Morgan fingerprint density at radius 3 is 2.35 bits per heavy atom. The molecule has 2 rings (SSSR count). The van der Waals surface area contributed by atoms with Crippen LogP contribution in [0.3, 0.4) is 0 Å². The van der Waals surface area contributed by atoms with Crippen LogP contribution in [0.2, 0.25) is 5.02 Å². The summed E-state index contributed by atoms with van der Waals surface area (Å²) in [5.74, 6) is 0. The summed E-state index contributed by atoms with van der Waals surface area (Å²) >= 11 is 9.63. The number of rotatable bonds is 4. The molecule has 0 aliphatic heterocycles. The lowest BCUT2D eigenvalue weighted by atomic mass is 9.87. The van der Waals surface area contributed by atoms with Gasteiger partial charge in [-0.05, 0) is 36.6 Å². The zero-order valence-electron chi connectivity index (χ0n) is 11.7. The third-order valence-electron chi connectivity index (χ3n) is 3.51. The van der Waals surface area contributed by atoms with Gasteiger partial charge in [-0.15, -0.1) is 0 Å². The number of benzene rings is 2. The molecule has 0 radical (unpaired) electrons. The average Bonchev–Trinajstić information content (AvgIpc) is 2.39. The van der Waals surface area contributed by atoms with Crippen LogP contribution in [-0.4, -0.2) is 5.11 Å². The number of hydrogen-bond acceptors (Lipinski definition) is 1. The average molecular weight is 354 g/mol. The van der Waals surface area contributed by atoms with Crippen LogP contribution in [0.4, 0.5) is 0 Å². The lowest BCUT2D eigenvalue weighted by Crippen LogP contribution is -2.23. The molecule has 0 aliphatic rings. The van der Waals surface area contributed by atoms with Gasteiger partial charge in [-0.2, -0.15) is 0 Å². The molecular weight excluding hydrogens is 336 g/mol. The van der Waals surface area contributed by atoms with Gasteiger partial charge in [0.15, 0.2) is 0 Å². The molecule has 1 nitrogen and oxygen atoms in total. The van der Waals surface area contributed by atoms with Crippen molar-refractivity contribution in [3.8, 4) is 0 Å². The molecule has 0 heterocycles. The zero-order chi connectivity index (χ0) is 14.8. The normalized spacial score (nSPS) is 14.1. The number of halogens is 2. The van der Waals surface area contributed by atoms with Gasteiger partial charge < -0.3 is 5.11 Å². The number of aliphatic hydroxyl groups is 1. The maximum atomic E-state index is 10.8. The molecule has 106 valence electrons. The second-order valence-corrected chi connectivity index (χ2v) is 6.47. The molecule has 0 amide bonds. The summed E-state index contributed by atoms with van der Waals surface area (Å²) in [6, 6.07) is 13.6. The molecule has 1 unspecified atom stereocenters. The lowest BCUT2D eigenvalue weighted by Gasteiger charge is -2.26. The van der Waals surface area contributed by atoms with Crippen LogP contribution < -0.4 is 0 Å². The fraction of sp³-hybridized carbons (Fsp3) is 0.294. The van der Waals surface area contributed by atoms with Crippen molar-refractivity contribution in [1.29, 1.82) is 0 Å². The van der Waals surface area contributed by atoms with Crippen molar-refractivity contribution < 1.29 is 5.11 Å². The van der Waals surface area contributed by atoms with E-state index in [1.165, 1.54) is 5.56 Å². The molecule has 0 bridgehead atoms. The molecule has 0 aliphatic carbocycles. The predicted molar refractivity (Wildman–Crippen MR) is 88.3 cm³/mol. The van der Waals surface area contributed by atoms with E-state index < -0.39 is 5.60 Å². The molecule has 0 spiro atoms. The van der Waals surface area contributed by atoms with Crippen LogP contribution >= 0.6 is 27.5 Å². The van der Waals surface area contributed by atoms with Gasteiger partial charge in [-0.25, -0.2) is 0 Å². The Morgan fingerprint density at radius 1 is 1.15 bits per heavy atom. The smallest absolute Gasteiger partial charge is 0.113 e. The first-order valence-electron chi connectivity index (χ1n) is 6.72. The quantitative estimate of drug-likeness (QED) is 0.789. The standard InChI is InChI=1S/C17H18BrClO/c1-3-4-12-5-7-13(8-6-12)17(2,20)15-10-9-14(18)11-16(15)19/h5-11,20H,3-4H2,1-2H3. The second kappa shape index (κ2) is 6.30. The summed E-state index contributed by atoms with van der Waals surface area (Å²) < 4.78 is 0.903. The van der Waals surface area contributed by atoms with Crippen molar-refractivity contribution in [3.05, 3.63) is 68.7 Å². The third-order valence-corrected chi connectivity index (χ3v) is 4.32. The Morgan fingerprint density at radius 2 is 1.80 bits per heavy atom. The van der Waals surface area contributed by atoms with Crippen LogP contribution in [0.5, 0.6) is 0 Å². The maximum absolute atomic E-state index is 10.8. The second-order valence-electron chi connectivity index (χ2n) is 5.14. The molecular formula is C17H18BrClO. The predicted octanol–water partition coefficient (Wildman–Crippen LogP) is 5.31. The van der Waals surface area contributed by atoms with Gasteiger partial charge in [0.05, 0.1) is 0 Å². The summed E-state index contributed by atoms with van der Waals surface area (Å²) in [6.07, 6.45) is 2.18. The Bertz CT molecular complexity index is 590. The molecule has 20 heavy (non-hydrogen) atoms. The summed E-state index contributed by atoms with van der Waals surface area (Å²) in [5, 5.41) is 11.4. The van der Waals surface area contributed by atoms with E-state index in [1.54, 1.807) is 13.0 Å². The van der Waals surface area contributed by atoms with Crippen molar-refractivity contribution in [3.63, 3.8) is 0 Å². The highest BCUT2D eigenvalue weighted by Gasteiger charge is 2.27. The van der Waals surface area contributed by atoms with Crippen molar-refractivity contribution >= 4 is 27.5 Å². The summed E-state index contributed by atoms with van der Waals surface area (Å²) in [5.41, 5.74) is 1.75. The Hall–Kier alpha value is -0.830. The molecule has 0 saturated heterocycles. The van der Waals surface area contributed by atoms with E-state index >= 15 is 0 Å². The molecule has 1 N–H and O–H groups in total. The van der Waals surface area contributed by atoms with E-state index in [0.717, 1.165) is 22.9 Å². The Labute approximate surface area is 133 Å². The third kappa shape index (κ3) is 3.25. The largest absolute Gasteiger partial charge is 0.381 e. The first kappa shape index (κ1) is 15.6. The number of aryl methyl sites for hydroxylation is 1. The van der Waals surface area contributed by atoms with E-state index in [-0.39, 0.29) is 0 Å². The first-order valence-corrected chi connectivity index (χ1v) is 7.89. The molecule has 0 aromatic heterocycles. The van der Waals surface area contributed by atoms with Crippen molar-refractivity contribution in [2.45, 2.75) is 32.3 Å². The molecule has 2 aromatic carbocycles. The fourth-order valence-corrected chi connectivity index (χ4v) is 3.18. The monoisotopic (exact) mass is 352 g/mol. The van der Waals surface area contributed by atoms with Gasteiger partial charge in [0, 0.05) is 15.1 Å². The molecule has 2 aromatic rings. The molecule has 1 atom stereocenters. The van der Waals surface area contributed by atoms with Crippen LogP contribution in [0.25, 0.3) is 0 Å². The highest BCUT2D eigenvalue weighted by Crippen LogP contribution is 2.35. The van der Waals surface area contributed by atoms with E-state index in [9.17, 15) is 5.11 Å². The summed E-state index contributed by atoms with van der Waals surface area (Å²) in [4.78, 5) is 0. The van der Waals surface area contributed by atoms with Crippen LogP contribution in [0.1, 0.15) is 37.0 Å². The zero-order valence-corrected chi connectivity index (χ0v) is 14.0. The fourth-order valence-electron chi connectivity index (χ4n) is 2.32. The maximum Gasteiger partial charge on any atom is 0.113 e. The van der Waals surface area contributed by atoms with Gasteiger partial charge in [0.25, 0.3) is 0 Å². The van der Waals surface area contributed by atoms with Gasteiger partial charge in [-0.1, -0.05) is 71.2 Å². The van der Waals surface area contributed by atoms with E-state index in [0.29, 0.717) is 10.6 Å². The highest BCUT2D eigenvalue weighted by atomic mass is 79.9. The van der Waals surface area contributed by atoms with E-state index in [2.05, 4.69) is 35.0 Å². The van der Waals surface area contributed by atoms with Gasteiger partial charge in [0.2, 0.25) is 0 Å². The highest BCUT2D eigenvalue weighted by molar-refractivity contribution is 9.10. The summed E-state index contributed by atoms with van der Waals surface area (Å²) in [6.45, 7) is 3.93. The minimum Gasteiger partial charge on any atom is -0.381 e. The summed E-state index contributed by atoms with van der Waals surface area (Å²) in [7, 11) is 0. The van der Waals surface area contributed by atoms with E-state index in [4.69, 9.17) is 11.6 Å². The molecule has 3 heteroatoms. The van der Waals surface area contributed by atoms with Gasteiger partial charge in [0.1, 0.15) is 5.60 Å². The van der Waals surface area contributed by atoms with Crippen molar-refractivity contribution in [2.75, 3.05) is 0 Å². The van der Waals surface area contributed by atoms with Gasteiger partial charge in [-0.3, -0.25) is 0 Å². The minimum absolute atomic E-state index is 0.557. The first-order chi connectivity index (χ1) is 9.45. The number of hydrogen-bond donors (Lipinski definition) is 1. The molecule has 0 fully saturated rings. The SMILES string of the molecule is CCCc1ccc(C(C)(O)c2ccc(Br)cc2Cl)cc1. The van der Waals surface area contributed by atoms with Crippen molar-refractivity contribution in [2.24, 2.45) is 0 Å². The Kier molecular flexibility index (Phi) is 4.90. The topological polar surface area (TPSA) is 20.2 Å².